The van der Waals surface area contributed by atoms with Crippen LogP contribution in [0.3, 0.4) is 0 Å². The minimum Gasteiger partial charge on any atom is -0.456 e. The second kappa shape index (κ2) is 5.35. The quantitative estimate of drug-likeness (QED) is 0.845. The number of benzene rings is 2. The summed E-state index contributed by atoms with van der Waals surface area (Å²) in [4.78, 5) is 10.6. The molecule has 0 heterocycles. The predicted molar refractivity (Wildman–Crippen MR) is 67.5 cm³/mol. The highest BCUT2D eigenvalue weighted by atomic mass is 35.5. The van der Waals surface area contributed by atoms with Crippen LogP contribution >= 0.6 is 11.6 Å². The zero-order valence-electron chi connectivity index (χ0n) is 9.18. The van der Waals surface area contributed by atoms with Crippen molar-refractivity contribution in [2.45, 2.75) is 0 Å². The molecular weight excluding hydrogens is 250 g/mol. The van der Waals surface area contributed by atoms with Gasteiger partial charge in [0.05, 0.1) is 16.7 Å². The molecule has 0 unspecified atom stereocenters. The van der Waals surface area contributed by atoms with Crippen LogP contribution in [0.2, 0.25) is 5.02 Å². The van der Waals surface area contributed by atoms with Crippen molar-refractivity contribution in [3.05, 3.63) is 58.6 Å². The molecular formula is C14H7ClNO2. The molecule has 0 fully saturated rings. The van der Waals surface area contributed by atoms with Crippen LogP contribution in [0.5, 0.6) is 11.5 Å². The van der Waals surface area contributed by atoms with Crippen molar-refractivity contribution in [2.24, 2.45) is 0 Å². The third kappa shape index (κ3) is 2.50. The van der Waals surface area contributed by atoms with Crippen LogP contribution in [0, 0.1) is 11.3 Å². The molecule has 0 atom stereocenters. The van der Waals surface area contributed by atoms with Crippen LogP contribution in [-0.4, -0.2) is 6.29 Å². The first-order valence-corrected chi connectivity index (χ1v) is 5.47. The lowest BCUT2D eigenvalue weighted by Crippen LogP contribution is -1.89. The molecule has 2 rings (SSSR count). The maximum Gasteiger partial charge on any atom is 0.235 e. The van der Waals surface area contributed by atoms with Crippen LogP contribution in [-0.2, 0) is 4.79 Å². The SMILES string of the molecule is N#Cc1cccc(Oc2cccc([C]=O)c2Cl)c1. The summed E-state index contributed by atoms with van der Waals surface area (Å²) >= 11 is 5.98. The van der Waals surface area contributed by atoms with Gasteiger partial charge in [-0.1, -0.05) is 23.7 Å². The van der Waals surface area contributed by atoms with Crippen molar-refractivity contribution in [3.8, 4) is 17.6 Å². The monoisotopic (exact) mass is 256 g/mol. The van der Waals surface area contributed by atoms with Crippen molar-refractivity contribution in [1.82, 2.24) is 0 Å². The van der Waals surface area contributed by atoms with E-state index in [4.69, 9.17) is 21.6 Å². The molecule has 4 heteroatoms. The summed E-state index contributed by atoms with van der Waals surface area (Å²) in [6.45, 7) is 0. The number of hydrogen-bond donors (Lipinski definition) is 0. The van der Waals surface area contributed by atoms with Gasteiger partial charge in [0.2, 0.25) is 6.29 Å². The summed E-state index contributed by atoms with van der Waals surface area (Å²) < 4.78 is 5.53. The molecule has 0 saturated heterocycles. The Labute approximate surface area is 109 Å². The number of carbonyl (C=O) groups excluding carboxylic acids is 1. The average Bonchev–Trinajstić information content (AvgIpc) is 2.41. The van der Waals surface area contributed by atoms with E-state index in [1.54, 1.807) is 48.8 Å². The fourth-order valence-electron chi connectivity index (χ4n) is 1.42. The highest BCUT2D eigenvalue weighted by molar-refractivity contribution is 6.34. The largest absolute Gasteiger partial charge is 0.456 e. The maximum atomic E-state index is 10.6. The first-order chi connectivity index (χ1) is 8.74. The lowest BCUT2D eigenvalue weighted by atomic mass is 10.2. The van der Waals surface area contributed by atoms with Gasteiger partial charge in [-0.2, -0.15) is 5.26 Å². The van der Waals surface area contributed by atoms with Gasteiger partial charge in [-0.05, 0) is 30.3 Å². The van der Waals surface area contributed by atoms with Crippen molar-refractivity contribution in [2.75, 3.05) is 0 Å². The molecule has 87 valence electrons. The molecule has 0 N–H and O–H groups in total. The van der Waals surface area contributed by atoms with Crippen molar-refractivity contribution in [3.63, 3.8) is 0 Å². The van der Waals surface area contributed by atoms with Crippen LogP contribution < -0.4 is 4.74 Å². The number of nitriles is 1. The fourth-order valence-corrected chi connectivity index (χ4v) is 1.63. The van der Waals surface area contributed by atoms with Crippen LogP contribution in [0.1, 0.15) is 11.1 Å². The topological polar surface area (TPSA) is 50.1 Å². The molecule has 0 aliphatic heterocycles. The zero-order valence-corrected chi connectivity index (χ0v) is 9.94. The lowest BCUT2D eigenvalue weighted by molar-refractivity contribution is 0.482. The second-order valence-electron chi connectivity index (χ2n) is 3.46. The summed E-state index contributed by atoms with van der Waals surface area (Å²) in [5.74, 6) is 0.839. The van der Waals surface area contributed by atoms with Gasteiger partial charge in [-0.3, -0.25) is 4.79 Å². The molecule has 2 aromatic carbocycles. The predicted octanol–water partition coefficient (Wildman–Crippen LogP) is 3.46. The second-order valence-corrected chi connectivity index (χ2v) is 3.84. The molecule has 0 spiro atoms. The first-order valence-electron chi connectivity index (χ1n) is 5.09. The minimum absolute atomic E-state index is 0.204. The van der Waals surface area contributed by atoms with E-state index in [1.807, 2.05) is 6.07 Å². The lowest BCUT2D eigenvalue weighted by Gasteiger charge is -2.08. The van der Waals surface area contributed by atoms with Gasteiger partial charge in [0.25, 0.3) is 0 Å². The molecule has 3 nitrogen and oxygen atoms in total. The average molecular weight is 257 g/mol. The Morgan fingerprint density at radius 2 is 1.94 bits per heavy atom. The van der Waals surface area contributed by atoms with Gasteiger partial charge in [-0.15, -0.1) is 0 Å². The van der Waals surface area contributed by atoms with Gasteiger partial charge >= 0.3 is 0 Å². The standard InChI is InChI=1S/C14H7ClNO2/c15-14-11(9-17)4-2-6-13(14)18-12-5-1-3-10(7-12)8-16/h1-7H. The van der Waals surface area contributed by atoms with Gasteiger partial charge in [0.1, 0.15) is 11.5 Å². The van der Waals surface area contributed by atoms with E-state index < -0.39 is 0 Å². The summed E-state index contributed by atoms with van der Waals surface area (Å²) in [5, 5.41) is 8.99. The van der Waals surface area contributed by atoms with Crippen LogP contribution in [0.15, 0.2) is 42.5 Å². The minimum atomic E-state index is 0.204. The van der Waals surface area contributed by atoms with E-state index in [9.17, 15) is 4.79 Å². The molecule has 0 aliphatic rings. The van der Waals surface area contributed by atoms with Gasteiger partial charge < -0.3 is 4.74 Å². The summed E-state index contributed by atoms with van der Waals surface area (Å²) in [6.07, 6.45) is 1.73. The van der Waals surface area contributed by atoms with Gasteiger partial charge in [0, 0.05) is 5.56 Å². The number of rotatable bonds is 3. The number of hydrogen-bond acceptors (Lipinski definition) is 3. The Morgan fingerprint density at radius 1 is 1.17 bits per heavy atom. The molecule has 0 bridgehead atoms. The third-order valence-electron chi connectivity index (χ3n) is 2.26. The summed E-state index contributed by atoms with van der Waals surface area (Å²) in [5.41, 5.74) is 0.729. The Morgan fingerprint density at radius 3 is 2.67 bits per heavy atom. The zero-order chi connectivity index (χ0) is 13.0. The summed E-state index contributed by atoms with van der Waals surface area (Å²) in [6, 6.07) is 13.5. The van der Waals surface area contributed by atoms with E-state index in [0.717, 1.165) is 0 Å². The number of halogens is 1. The number of ether oxygens (including phenoxy) is 1. The molecule has 0 aliphatic carbocycles. The Balaban J connectivity index is 2.34. The Bertz CT molecular complexity index is 632. The fraction of sp³-hybridized carbons (Fsp3) is 0. The van der Waals surface area contributed by atoms with Crippen molar-refractivity contribution < 1.29 is 9.53 Å². The Kier molecular flexibility index (Phi) is 3.61. The van der Waals surface area contributed by atoms with Gasteiger partial charge in [-0.25, -0.2) is 0 Å². The summed E-state index contributed by atoms with van der Waals surface area (Å²) in [7, 11) is 0. The van der Waals surface area contributed by atoms with E-state index in [-0.39, 0.29) is 10.6 Å². The van der Waals surface area contributed by atoms with E-state index >= 15 is 0 Å². The van der Waals surface area contributed by atoms with Crippen molar-refractivity contribution in [1.29, 1.82) is 5.26 Å². The maximum absolute atomic E-state index is 10.6. The van der Waals surface area contributed by atoms with Crippen molar-refractivity contribution >= 4 is 17.9 Å². The molecule has 0 aromatic heterocycles. The first kappa shape index (κ1) is 12.2. The van der Waals surface area contributed by atoms with E-state index in [2.05, 4.69) is 0 Å². The molecule has 18 heavy (non-hydrogen) atoms. The highest BCUT2D eigenvalue weighted by Crippen LogP contribution is 2.31. The van der Waals surface area contributed by atoms with E-state index in [1.165, 1.54) is 0 Å². The van der Waals surface area contributed by atoms with Crippen LogP contribution in [0.25, 0.3) is 0 Å². The normalized spacial score (nSPS) is 9.56. The smallest absolute Gasteiger partial charge is 0.235 e. The molecule has 0 saturated carbocycles. The third-order valence-corrected chi connectivity index (χ3v) is 2.65. The number of nitrogens with zero attached hydrogens (tertiary/aromatic N) is 1. The molecule has 2 aromatic rings. The van der Waals surface area contributed by atoms with Crippen LogP contribution in [0.4, 0.5) is 0 Å². The molecule has 0 amide bonds. The highest BCUT2D eigenvalue weighted by Gasteiger charge is 2.08. The van der Waals surface area contributed by atoms with E-state index in [0.29, 0.717) is 17.1 Å². The van der Waals surface area contributed by atoms with Gasteiger partial charge in [0.15, 0.2) is 0 Å². The molecule has 1 radical (unpaired) electrons. The Hall–Kier alpha value is -2.31.